The fourth-order valence-corrected chi connectivity index (χ4v) is 2.93. The summed E-state index contributed by atoms with van der Waals surface area (Å²) in [6.45, 7) is 0.634. The first-order valence-electron chi connectivity index (χ1n) is 6.95. The van der Waals surface area contributed by atoms with Gasteiger partial charge in [-0.3, -0.25) is 0 Å². The Balaban J connectivity index is 1.92. The molecule has 0 saturated carbocycles. The zero-order valence-electron chi connectivity index (χ0n) is 11.9. The third-order valence-corrected chi connectivity index (χ3v) is 4.00. The second-order valence-corrected chi connectivity index (χ2v) is 5.67. The third-order valence-electron chi connectivity index (χ3n) is 3.72. The van der Waals surface area contributed by atoms with Gasteiger partial charge in [0.25, 0.3) is 0 Å². The molecule has 1 aliphatic heterocycles. The van der Waals surface area contributed by atoms with E-state index in [9.17, 15) is 13.2 Å². The van der Waals surface area contributed by atoms with Crippen LogP contribution in [-0.2, 0) is 6.18 Å². The second kappa shape index (κ2) is 5.84. The van der Waals surface area contributed by atoms with Gasteiger partial charge < -0.3 is 10.6 Å². The van der Waals surface area contributed by atoms with E-state index in [1.807, 2.05) is 4.90 Å². The first kappa shape index (κ1) is 15.8. The van der Waals surface area contributed by atoms with Crippen LogP contribution in [0.4, 0.5) is 24.8 Å². The van der Waals surface area contributed by atoms with Crippen molar-refractivity contribution in [2.24, 2.45) is 0 Å². The monoisotopic (exact) mass is 343 g/mol. The van der Waals surface area contributed by atoms with Gasteiger partial charge >= 0.3 is 6.18 Å². The second-order valence-electron chi connectivity index (χ2n) is 5.26. The first-order chi connectivity index (χ1) is 10.9. The summed E-state index contributed by atoms with van der Waals surface area (Å²) in [5.74, 6) is 0.629. The largest absolute Gasteiger partial charge is 0.417 e. The van der Waals surface area contributed by atoms with E-state index in [-0.39, 0.29) is 11.1 Å². The molecule has 1 aliphatic rings. The Morgan fingerprint density at radius 2 is 2.04 bits per heavy atom. The standard InChI is InChI=1S/C14H13ClF3N5/c15-9-6-8(14(16,17)18)7-20-13(9)23-5-1-2-11(23)10-3-4-12(19)22-21-10/h3-4,6-7,11H,1-2,5H2,(H2,19,22). The van der Waals surface area contributed by atoms with Crippen molar-refractivity contribution in [3.63, 3.8) is 0 Å². The number of nitrogen functional groups attached to an aromatic ring is 1. The molecule has 9 heteroatoms. The number of anilines is 2. The fraction of sp³-hybridized carbons (Fsp3) is 0.357. The molecule has 0 aromatic carbocycles. The molecule has 0 spiro atoms. The van der Waals surface area contributed by atoms with Gasteiger partial charge in [-0.2, -0.15) is 18.3 Å². The van der Waals surface area contributed by atoms with E-state index in [2.05, 4.69) is 15.2 Å². The normalized spacial score (nSPS) is 18.4. The maximum absolute atomic E-state index is 12.7. The minimum absolute atomic E-state index is 0.0323. The average Bonchev–Trinajstić information content (AvgIpc) is 2.96. The van der Waals surface area contributed by atoms with Crippen LogP contribution in [0.3, 0.4) is 0 Å². The van der Waals surface area contributed by atoms with Gasteiger partial charge in [0, 0.05) is 12.7 Å². The molecule has 2 N–H and O–H groups in total. The topological polar surface area (TPSA) is 67.9 Å². The molecule has 1 saturated heterocycles. The lowest BCUT2D eigenvalue weighted by atomic mass is 10.1. The number of hydrogen-bond donors (Lipinski definition) is 1. The molecule has 2 aromatic heterocycles. The Hall–Kier alpha value is -2.09. The number of nitrogens with zero attached hydrogens (tertiary/aromatic N) is 4. The highest BCUT2D eigenvalue weighted by atomic mass is 35.5. The lowest BCUT2D eigenvalue weighted by Crippen LogP contribution is -2.25. The van der Waals surface area contributed by atoms with Gasteiger partial charge in [0.2, 0.25) is 0 Å². The van der Waals surface area contributed by atoms with Crippen molar-refractivity contribution in [3.8, 4) is 0 Å². The van der Waals surface area contributed by atoms with Gasteiger partial charge in [0.15, 0.2) is 0 Å². The van der Waals surface area contributed by atoms with Crippen LogP contribution in [0, 0.1) is 0 Å². The smallest absolute Gasteiger partial charge is 0.382 e. The lowest BCUT2D eigenvalue weighted by molar-refractivity contribution is -0.137. The predicted molar refractivity (Wildman–Crippen MR) is 80.0 cm³/mol. The molecular weight excluding hydrogens is 331 g/mol. The van der Waals surface area contributed by atoms with E-state index in [1.165, 1.54) is 0 Å². The van der Waals surface area contributed by atoms with Crippen molar-refractivity contribution in [3.05, 3.63) is 40.7 Å². The Morgan fingerprint density at radius 3 is 2.65 bits per heavy atom. The molecule has 2 aromatic rings. The van der Waals surface area contributed by atoms with E-state index in [0.29, 0.717) is 23.9 Å². The van der Waals surface area contributed by atoms with Crippen molar-refractivity contribution in [2.45, 2.75) is 25.1 Å². The minimum Gasteiger partial charge on any atom is -0.382 e. The number of halogens is 4. The molecule has 1 atom stereocenters. The summed E-state index contributed by atoms with van der Waals surface area (Å²) < 4.78 is 38.1. The summed E-state index contributed by atoms with van der Waals surface area (Å²) in [6, 6.07) is 4.16. The highest BCUT2D eigenvalue weighted by molar-refractivity contribution is 6.33. The molecule has 0 amide bonds. The molecule has 3 rings (SSSR count). The van der Waals surface area contributed by atoms with E-state index >= 15 is 0 Å². The Morgan fingerprint density at radius 1 is 1.26 bits per heavy atom. The number of alkyl halides is 3. The van der Waals surface area contributed by atoms with Crippen LogP contribution in [0.5, 0.6) is 0 Å². The summed E-state index contributed by atoms with van der Waals surface area (Å²) in [4.78, 5) is 5.77. The quantitative estimate of drug-likeness (QED) is 0.904. The zero-order chi connectivity index (χ0) is 16.6. The van der Waals surface area contributed by atoms with Crippen LogP contribution in [-0.4, -0.2) is 21.7 Å². The van der Waals surface area contributed by atoms with Gasteiger partial charge in [-0.15, -0.1) is 5.10 Å². The van der Waals surface area contributed by atoms with E-state index < -0.39 is 11.7 Å². The summed E-state index contributed by atoms with van der Waals surface area (Å²) >= 11 is 6.03. The molecule has 0 bridgehead atoms. The van der Waals surface area contributed by atoms with Crippen LogP contribution in [0.2, 0.25) is 5.02 Å². The predicted octanol–water partition coefficient (Wildman–Crippen LogP) is 3.47. The molecular formula is C14H13ClF3N5. The average molecular weight is 344 g/mol. The highest BCUT2D eigenvalue weighted by Crippen LogP contribution is 2.39. The first-order valence-corrected chi connectivity index (χ1v) is 7.32. The van der Waals surface area contributed by atoms with E-state index in [1.54, 1.807) is 12.1 Å². The zero-order valence-corrected chi connectivity index (χ0v) is 12.6. The van der Waals surface area contributed by atoms with Gasteiger partial charge in [-0.1, -0.05) is 11.6 Å². The van der Waals surface area contributed by atoms with Crippen LogP contribution in [0.25, 0.3) is 0 Å². The number of nitrogens with two attached hydrogens (primary N) is 1. The molecule has 5 nitrogen and oxygen atoms in total. The van der Waals surface area contributed by atoms with E-state index in [4.69, 9.17) is 17.3 Å². The van der Waals surface area contributed by atoms with Gasteiger partial charge in [0.05, 0.1) is 22.3 Å². The Labute approximate surface area is 135 Å². The summed E-state index contributed by atoms with van der Waals surface area (Å²) in [5, 5.41) is 7.84. The van der Waals surface area contributed by atoms with Gasteiger partial charge in [-0.25, -0.2) is 4.98 Å². The maximum Gasteiger partial charge on any atom is 0.417 e. The van der Waals surface area contributed by atoms with Crippen molar-refractivity contribution in [2.75, 3.05) is 17.2 Å². The summed E-state index contributed by atoms with van der Waals surface area (Å²) in [6.07, 6.45) is -2.03. The molecule has 122 valence electrons. The number of hydrogen-bond acceptors (Lipinski definition) is 5. The number of rotatable bonds is 2. The van der Waals surface area contributed by atoms with E-state index in [0.717, 1.165) is 25.1 Å². The summed E-state index contributed by atoms with van der Waals surface area (Å²) in [5.41, 5.74) is 5.35. The summed E-state index contributed by atoms with van der Waals surface area (Å²) in [7, 11) is 0. The molecule has 1 fully saturated rings. The van der Waals surface area contributed by atoms with Gasteiger partial charge in [0.1, 0.15) is 11.6 Å². The fourth-order valence-electron chi connectivity index (χ4n) is 2.66. The molecule has 3 heterocycles. The molecule has 0 radical (unpaired) electrons. The van der Waals surface area contributed by atoms with Crippen molar-refractivity contribution in [1.29, 1.82) is 0 Å². The van der Waals surface area contributed by atoms with Crippen molar-refractivity contribution < 1.29 is 13.2 Å². The number of aromatic nitrogens is 3. The lowest BCUT2D eigenvalue weighted by Gasteiger charge is -2.26. The highest BCUT2D eigenvalue weighted by Gasteiger charge is 2.34. The SMILES string of the molecule is Nc1ccc(C2CCCN2c2ncc(C(F)(F)F)cc2Cl)nn1. The third kappa shape index (κ3) is 3.17. The Bertz CT molecular complexity index is 705. The molecule has 0 aliphatic carbocycles. The van der Waals surface area contributed by atoms with Crippen LogP contribution in [0.15, 0.2) is 24.4 Å². The van der Waals surface area contributed by atoms with Crippen molar-refractivity contribution in [1.82, 2.24) is 15.2 Å². The minimum atomic E-state index is -4.47. The van der Waals surface area contributed by atoms with Crippen LogP contribution >= 0.6 is 11.6 Å². The number of pyridine rings is 1. The molecule has 23 heavy (non-hydrogen) atoms. The maximum atomic E-state index is 12.7. The van der Waals surface area contributed by atoms with Crippen LogP contribution < -0.4 is 10.6 Å². The van der Waals surface area contributed by atoms with Crippen molar-refractivity contribution >= 4 is 23.2 Å². The Kier molecular flexibility index (Phi) is 4.01. The molecule has 1 unspecified atom stereocenters. The van der Waals surface area contributed by atoms with Gasteiger partial charge in [-0.05, 0) is 31.0 Å². The van der Waals surface area contributed by atoms with Crippen LogP contribution in [0.1, 0.15) is 30.1 Å².